The van der Waals surface area contributed by atoms with Gasteiger partial charge in [-0.15, -0.1) is 12.4 Å². The highest BCUT2D eigenvalue weighted by Crippen LogP contribution is 2.32. The third-order valence-corrected chi connectivity index (χ3v) is 6.20. The van der Waals surface area contributed by atoms with Gasteiger partial charge in [0.1, 0.15) is 0 Å². The molecule has 3 aliphatic rings. The van der Waals surface area contributed by atoms with E-state index in [0.717, 1.165) is 57.6 Å². The van der Waals surface area contributed by atoms with Crippen LogP contribution in [0.4, 0.5) is 0 Å². The summed E-state index contributed by atoms with van der Waals surface area (Å²) in [5.41, 5.74) is 6.13. The first-order valence-corrected chi connectivity index (χ1v) is 9.81. The molecular formula is C19H35ClN2O2. The number of nitrogens with two attached hydrogens (primary N) is 1. The van der Waals surface area contributed by atoms with Crippen molar-refractivity contribution in [2.24, 2.45) is 17.6 Å². The smallest absolute Gasteiger partial charge is 0.226 e. The SMILES string of the molecule is CC1CCC(N(CC2CCCO2)C(=O)C2CCCC(N)C2)CC1.Cl. The van der Waals surface area contributed by atoms with Crippen molar-refractivity contribution in [2.45, 2.75) is 89.3 Å². The van der Waals surface area contributed by atoms with Crippen molar-refractivity contribution in [3.05, 3.63) is 0 Å². The van der Waals surface area contributed by atoms with Gasteiger partial charge in [0, 0.05) is 31.2 Å². The molecule has 140 valence electrons. The molecule has 0 aromatic rings. The van der Waals surface area contributed by atoms with Gasteiger partial charge in [0.25, 0.3) is 0 Å². The predicted octanol–water partition coefficient (Wildman–Crippen LogP) is 3.51. The van der Waals surface area contributed by atoms with E-state index in [2.05, 4.69) is 11.8 Å². The highest BCUT2D eigenvalue weighted by molar-refractivity contribution is 5.85. The number of amides is 1. The van der Waals surface area contributed by atoms with Gasteiger partial charge < -0.3 is 15.4 Å². The van der Waals surface area contributed by atoms with Gasteiger partial charge >= 0.3 is 0 Å². The topological polar surface area (TPSA) is 55.6 Å². The van der Waals surface area contributed by atoms with E-state index in [1.165, 1.54) is 25.7 Å². The summed E-state index contributed by atoms with van der Waals surface area (Å²) in [6.45, 7) is 4.01. The molecule has 2 aliphatic carbocycles. The first-order valence-electron chi connectivity index (χ1n) is 9.81. The molecule has 4 nitrogen and oxygen atoms in total. The monoisotopic (exact) mass is 358 g/mol. The molecule has 3 rings (SSSR count). The number of carbonyl (C=O) groups is 1. The fourth-order valence-corrected chi connectivity index (χ4v) is 4.67. The summed E-state index contributed by atoms with van der Waals surface area (Å²) in [5, 5.41) is 0. The first-order chi connectivity index (χ1) is 11.1. The summed E-state index contributed by atoms with van der Waals surface area (Å²) in [7, 11) is 0. The number of hydrogen-bond donors (Lipinski definition) is 1. The van der Waals surface area contributed by atoms with E-state index >= 15 is 0 Å². The molecule has 3 unspecified atom stereocenters. The van der Waals surface area contributed by atoms with Crippen LogP contribution in [0.25, 0.3) is 0 Å². The van der Waals surface area contributed by atoms with E-state index in [1.54, 1.807) is 0 Å². The number of halogens is 1. The Morgan fingerprint density at radius 1 is 1.08 bits per heavy atom. The van der Waals surface area contributed by atoms with E-state index in [4.69, 9.17) is 10.5 Å². The van der Waals surface area contributed by atoms with Crippen LogP contribution in [0.1, 0.15) is 71.1 Å². The molecule has 1 heterocycles. The average Bonchev–Trinajstić information content (AvgIpc) is 3.06. The molecule has 5 heteroatoms. The molecule has 0 radical (unpaired) electrons. The third kappa shape index (κ3) is 5.09. The number of carbonyl (C=O) groups excluding carboxylic acids is 1. The van der Waals surface area contributed by atoms with Crippen LogP contribution in [0.3, 0.4) is 0 Å². The minimum atomic E-state index is 0. The molecular weight excluding hydrogens is 324 g/mol. The summed E-state index contributed by atoms with van der Waals surface area (Å²) >= 11 is 0. The summed E-state index contributed by atoms with van der Waals surface area (Å²) in [6.07, 6.45) is 11.4. The van der Waals surface area contributed by atoms with Crippen molar-refractivity contribution >= 4 is 18.3 Å². The maximum absolute atomic E-state index is 13.2. The number of ether oxygens (including phenoxy) is 1. The average molecular weight is 359 g/mol. The van der Waals surface area contributed by atoms with Gasteiger partial charge in [-0.1, -0.05) is 13.3 Å². The molecule has 3 fully saturated rings. The Kier molecular flexibility index (Phi) is 7.83. The van der Waals surface area contributed by atoms with E-state index in [9.17, 15) is 4.79 Å². The summed E-state index contributed by atoms with van der Waals surface area (Å²) in [6, 6.07) is 0.648. The van der Waals surface area contributed by atoms with Gasteiger partial charge in [0.2, 0.25) is 5.91 Å². The van der Waals surface area contributed by atoms with E-state index in [0.29, 0.717) is 11.9 Å². The lowest BCUT2D eigenvalue weighted by molar-refractivity contribution is -0.142. The summed E-state index contributed by atoms with van der Waals surface area (Å²) in [5.74, 6) is 1.34. The molecule has 24 heavy (non-hydrogen) atoms. The highest BCUT2D eigenvalue weighted by atomic mass is 35.5. The Balaban J connectivity index is 0.00000208. The van der Waals surface area contributed by atoms with Gasteiger partial charge in [-0.05, 0) is 63.7 Å². The van der Waals surface area contributed by atoms with Crippen molar-refractivity contribution in [2.75, 3.05) is 13.2 Å². The Bertz CT molecular complexity index is 393. The largest absolute Gasteiger partial charge is 0.376 e. The van der Waals surface area contributed by atoms with Crippen molar-refractivity contribution in [1.29, 1.82) is 0 Å². The van der Waals surface area contributed by atoms with Crippen molar-refractivity contribution in [1.82, 2.24) is 4.90 Å². The lowest BCUT2D eigenvalue weighted by Crippen LogP contribution is -2.49. The zero-order chi connectivity index (χ0) is 16.2. The van der Waals surface area contributed by atoms with Crippen molar-refractivity contribution < 1.29 is 9.53 Å². The van der Waals surface area contributed by atoms with Crippen LogP contribution in [-0.2, 0) is 9.53 Å². The van der Waals surface area contributed by atoms with Crippen LogP contribution in [0.5, 0.6) is 0 Å². The maximum Gasteiger partial charge on any atom is 0.226 e. The van der Waals surface area contributed by atoms with Crippen LogP contribution in [-0.4, -0.2) is 42.1 Å². The predicted molar refractivity (Wildman–Crippen MR) is 99.3 cm³/mol. The summed E-state index contributed by atoms with van der Waals surface area (Å²) < 4.78 is 5.84. The molecule has 0 aromatic carbocycles. The number of hydrogen-bond acceptors (Lipinski definition) is 3. The second kappa shape index (κ2) is 9.40. The van der Waals surface area contributed by atoms with E-state index in [-0.39, 0.29) is 30.5 Å². The van der Waals surface area contributed by atoms with Gasteiger partial charge in [-0.2, -0.15) is 0 Å². The molecule has 2 N–H and O–H groups in total. The standard InChI is InChI=1S/C19H34N2O2.ClH/c1-14-7-9-17(10-8-14)21(13-18-6-3-11-23-18)19(22)15-4-2-5-16(20)12-15;/h14-18H,2-13,20H2,1H3;1H. The van der Waals surface area contributed by atoms with Crippen LogP contribution in [0, 0.1) is 11.8 Å². The zero-order valence-corrected chi connectivity index (χ0v) is 15.9. The summed E-state index contributed by atoms with van der Waals surface area (Å²) in [4.78, 5) is 15.4. The maximum atomic E-state index is 13.2. The lowest BCUT2D eigenvalue weighted by atomic mass is 9.83. The van der Waals surface area contributed by atoms with Crippen molar-refractivity contribution in [3.8, 4) is 0 Å². The zero-order valence-electron chi connectivity index (χ0n) is 15.1. The molecule has 1 saturated heterocycles. The molecule has 1 aliphatic heterocycles. The second-order valence-electron chi connectivity index (χ2n) is 8.16. The van der Waals surface area contributed by atoms with Crippen LogP contribution >= 0.6 is 12.4 Å². The highest BCUT2D eigenvalue weighted by Gasteiger charge is 2.35. The Hall–Kier alpha value is -0.320. The van der Waals surface area contributed by atoms with Crippen LogP contribution in [0.2, 0.25) is 0 Å². The Morgan fingerprint density at radius 3 is 2.46 bits per heavy atom. The Morgan fingerprint density at radius 2 is 1.83 bits per heavy atom. The Labute approximate surface area is 153 Å². The van der Waals surface area contributed by atoms with Gasteiger partial charge in [-0.3, -0.25) is 4.79 Å². The molecule has 1 amide bonds. The van der Waals surface area contributed by atoms with Crippen molar-refractivity contribution in [3.63, 3.8) is 0 Å². The second-order valence-corrected chi connectivity index (χ2v) is 8.16. The minimum Gasteiger partial charge on any atom is -0.376 e. The lowest BCUT2D eigenvalue weighted by Gasteiger charge is -2.40. The normalized spacial score (nSPS) is 36.8. The fraction of sp³-hybridized carbons (Fsp3) is 0.947. The quantitative estimate of drug-likeness (QED) is 0.836. The first kappa shape index (κ1) is 20.0. The number of nitrogens with zero attached hydrogens (tertiary/aromatic N) is 1. The third-order valence-electron chi connectivity index (χ3n) is 6.20. The fourth-order valence-electron chi connectivity index (χ4n) is 4.67. The van der Waals surface area contributed by atoms with Gasteiger partial charge in [0.15, 0.2) is 0 Å². The molecule has 3 atom stereocenters. The minimum absolute atomic E-state index is 0. The van der Waals surface area contributed by atoms with Crippen LogP contribution < -0.4 is 5.73 Å². The molecule has 0 bridgehead atoms. The van der Waals surface area contributed by atoms with Crippen LogP contribution in [0.15, 0.2) is 0 Å². The van der Waals surface area contributed by atoms with E-state index in [1.807, 2.05) is 0 Å². The van der Waals surface area contributed by atoms with E-state index < -0.39 is 0 Å². The van der Waals surface area contributed by atoms with Gasteiger partial charge in [0.05, 0.1) is 6.10 Å². The molecule has 0 aromatic heterocycles. The van der Waals surface area contributed by atoms with Gasteiger partial charge in [-0.25, -0.2) is 0 Å². The number of rotatable bonds is 4. The molecule has 0 spiro atoms. The molecule has 2 saturated carbocycles.